The molecule has 1 aromatic heterocycles. The summed E-state index contributed by atoms with van der Waals surface area (Å²) in [6.45, 7) is 4.73. The fraction of sp³-hybridized carbons (Fsp3) is 0.400. The number of carbonyl (C=O) groups excluding carboxylic acids is 1. The van der Waals surface area contributed by atoms with Gasteiger partial charge in [0.15, 0.2) is 0 Å². The summed E-state index contributed by atoms with van der Waals surface area (Å²) in [5.41, 5.74) is 1.90. The van der Waals surface area contributed by atoms with Gasteiger partial charge in [-0.3, -0.25) is 9.78 Å². The Morgan fingerprint density at radius 1 is 1.16 bits per heavy atom. The van der Waals surface area contributed by atoms with E-state index in [4.69, 9.17) is 9.47 Å². The number of methoxy groups -OCH3 is 2. The molecule has 0 spiro atoms. The topological polar surface area (TPSA) is 51.7 Å². The van der Waals surface area contributed by atoms with Crippen LogP contribution in [0.15, 0.2) is 42.7 Å². The Kier molecular flexibility index (Phi) is 6.81. The molecule has 1 atom stereocenters. The van der Waals surface area contributed by atoms with Gasteiger partial charge >= 0.3 is 0 Å². The van der Waals surface area contributed by atoms with Crippen LogP contribution in [-0.2, 0) is 17.8 Å². The maximum absolute atomic E-state index is 13.0. The minimum absolute atomic E-state index is 0.0673. The van der Waals surface area contributed by atoms with Crippen molar-refractivity contribution in [3.05, 3.63) is 53.9 Å². The smallest absolute Gasteiger partial charge is 0.227 e. The van der Waals surface area contributed by atoms with Crippen molar-refractivity contribution in [1.82, 2.24) is 9.88 Å². The predicted molar refractivity (Wildman–Crippen MR) is 97.8 cm³/mol. The van der Waals surface area contributed by atoms with Gasteiger partial charge in [0.25, 0.3) is 0 Å². The van der Waals surface area contributed by atoms with Gasteiger partial charge in [-0.15, -0.1) is 0 Å². The number of rotatable bonds is 8. The van der Waals surface area contributed by atoms with Gasteiger partial charge < -0.3 is 14.4 Å². The summed E-state index contributed by atoms with van der Waals surface area (Å²) in [5.74, 6) is 1.48. The molecule has 2 aromatic rings. The Hall–Kier alpha value is -2.56. The van der Waals surface area contributed by atoms with Gasteiger partial charge in [-0.1, -0.05) is 6.92 Å². The van der Waals surface area contributed by atoms with Crippen molar-refractivity contribution < 1.29 is 14.3 Å². The summed E-state index contributed by atoms with van der Waals surface area (Å²) in [5, 5.41) is 0. The molecule has 5 heteroatoms. The van der Waals surface area contributed by atoms with E-state index in [1.807, 2.05) is 35.2 Å². The standard InChI is InChI=1S/C20H26N2O3/c1-5-15(2)22(14-16-8-10-21-11-9-16)20(23)13-17-12-18(24-3)6-7-19(17)25-4/h6-12,15H,5,13-14H2,1-4H3. The predicted octanol–water partition coefficient (Wildman–Crippen LogP) is 3.47. The third-order valence-electron chi connectivity index (χ3n) is 4.37. The van der Waals surface area contributed by atoms with Crippen molar-refractivity contribution in [2.75, 3.05) is 14.2 Å². The zero-order chi connectivity index (χ0) is 18.2. The van der Waals surface area contributed by atoms with Gasteiger partial charge in [-0.05, 0) is 49.2 Å². The summed E-state index contributed by atoms with van der Waals surface area (Å²) in [6, 6.07) is 9.55. The number of pyridine rings is 1. The Labute approximate surface area is 149 Å². The Bertz CT molecular complexity index is 689. The summed E-state index contributed by atoms with van der Waals surface area (Å²) in [6.07, 6.45) is 4.67. The Morgan fingerprint density at radius 2 is 1.88 bits per heavy atom. The molecule has 5 nitrogen and oxygen atoms in total. The average molecular weight is 342 g/mol. The molecule has 0 radical (unpaired) electrons. The maximum atomic E-state index is 13.0. The number of carbonyl (C=O) groups is 1. The molecule has 0 aliphatic carbocycles. The van der Waals surface area contributed by atoms with Crippen molar-refractivity contribution in [3.63, 3.8) is 0 Å². The highest BCUT2D eigenvalue weighted by molar-refractivity contribution is 5.80. The molecule has 2 rings (SSSR count). The van der Waals surface area contributed by atoms with Crippen LogP contribution in [-0.4, -0.2) is 36.1 Å². The molecule has 0 saturated carbocycles. The normalized spacial score (nSPS) is 11.7. The van der Waals surface area contributed by atoms with Crippen LogP contribution in [0.5, 0.6) is 11.5 Å². The minimum atomic E-state index is 0.0673. The monoisotopic (exact) mass is 342 g/mol. The van der Waals surface area contributed by atoms with E-state index >= 15 is 0 Å². The molecule has 1 aromatic carbocycles. The van der Waals surface area contributed by atoms with Gasteiger partial charge in [-0.2, -0.15) is 0 Å². The van der Waals surface area contributed by atoms with E-state index in [9.17, 15) is 4.79 Å². The number of aromatic nitrogens is 1. The van der Waals surface area contributed by atoms with Crippen LogP contribution in [0.3, 0.4) is 0 Å². The summed E-state index contributed by atoms with van der Waals surface area (Å²) < 4.78 is 10.7. The molecule has 0 saturated heterocycles. The largest absolute Gasteiger partial charge is 0.497 e. The molecule has 25 heavy (non-hydrogen) atoms. The van der Waals surface area contributed by atoms with Crippen LogP contribution in [0.25, 0.3) is 0 Å². The number of nitrogens with zero attached hydrogens (tertiary/aromatic N) is 2. The fourth-order valence-corrected chi connectivity index (χ4v) is 2.68. The maximum Gasteiger partial charge on any atom is 0.227 e. The van der Waals surface area contributed by atoms with Crippen LogP contribution in [0, 0.1) is 0 Å². The van der Waals surface area contributed by atoms with Crippen molar-refractivity contribution in [2.45, 2.75) is 39.3 Å². The second kappa shape index (κ2) is 9.06. The molecule has 1 heterocycles. The molecule has 134 valence electrons. The number of hydrogen-bond donors (Lipinski definition) is 0. The first-order valence-corrected chi connectivity index (χ1v) is 8.48. The lowest BCUT2D eigenvalue weighted by atomic mass is 10.1. The number of amides is 1. The van der Waals surface area contributed by atoms with Crippen molar-refractivity contribution in [1.29, 1.82) is 0 Å². The first-order valence-electron chi connectivity index (χ1n) is 8.48. The van der Waals surface area contributed by atoms with E-state index in [0.29, 0.717) is 18.0 Å². The van der Waals surface area contributed by atoms with Gasteiger partial charge in [0.1, 0.15) is 11.5 Å². The average Bonchev–Trinajstić information content (AvgIpc) is 2.66. The van der Waals surface area contributed by atoms with E-state index in [-0.39, 0.29) is 18.4 Å². The van der Waals surface area contributed by atoms with Crippen molar-refractivity contribution >= 4 is 5.91 Å². The summed E-state index contributed by atoms with van der Waals surface area (Å²) in [4.78, 5) is 18.9. The molecular formula is C20H26N2O3. The third-order valence-corrected chi connectivity index (χ3v) is 4.37. The van der Waals surface area contributed by atoms with Crippen molar-refractivity contribution in [2.24, 2.45) is 0 Å². The molecule has 0 aliphatic rings. The molecular weight excluding hydrogens is 316 g/mol. The van der Waals surface area contributed by atoms with E-state index in [1.54, 1.807) is 26.6 Å². The lowest BCUT2D eigenvalue weighted by Crippen LogP contribution is -2.38. The lowest BCUT2D eigenvalue weighted by Gasteiger charge is -2.29. The van der Waals surface area contributed by atoms with E-state index in [1.165, 1.54) is 0 Å². The van der Waals surface area contributed by atoms with Crippen LogP contribution < -0.4 is 9.47 Å². The highest BCUT2D eigenvalue weighted by Gasteiger charge is 2.21. The Balaban J connectivity index is 2.22. The van der Waals surface area contributed by atoms with Crippen LogP contribution in [0.1, 0.15) is 31.4 Å². The van der Waals surface area contributed by atoms with E-state index < -0.39 is 0 Å². The van der Waals surface area contributed by atoms with Crippen molar-refractivity contribution in [3.8, 4) is 11.5 Å². The highest BCUT2D eigenvalue weighted by atomic mass is 16.5. The van der Waals surface area contributed by atoms with E-state index in [2.05, 4.69) is 18.8 Å². The molecule has 1 amide bonds. The van der Waals surface area contributed by atoms with Gasteiger partial charge in [-0.25, -0.2) is 0 Å². The number of hydrogen-bond acceptors (Lipinski definition) is 4. The molecule has 0 fully saturated rings. The minimum Gasteiger partial charge on any atom is -0.497 e. The highest BCUT2D eigenvalue weighted by Crippen LogP contribution is 2.25. The fourth-order valence-electron chi connectivity index (χ4n) is 2.68. The zero-order valence-corrected chi connectivity index (χ0v) is 15.4. The van der Waals surface area contributed by atoms with Crippen LogP contribution >= 0.6 is 0 Å². The van der Waals surface area contributed by atoms with Gasteiger partial charge in [0, 0.05) is 30.5 Å². The van der Waals surface area contributed by atoms with Gasteiger partial charge in [0.2, 0.25) is 5.91 Å². The summed E-state index contributed by atoms with van der Waals surface area (Å²) in [7, 11) is 3.22. The van der Waals surface area contributed by atoms with Gasteiger partial charge in [0.05, 0.1) is 20.6 Å². The lowest BCUT2D eigenvalue weighted by molar-refractivity contribution is -0.133. The summed E-state index contributed by atoms with van der Waals surface area (Å²) >= 11 is 0. The number of ether oxygens (including phenoxy) is 2. The molecule has 0 aliphatic heterocycles. The molecule has 1 unspecified atom stereocenters. The second-order valence-electron chi connectivity index (χ2n) is 5.99. The quantitative estimate of drug-likeness (QED) is 0.737. The van der Waals surface area contributed by atoms with Crippen LogP contribution in [0.4, 0.5) is 0 Å². The van der Waals surface area contributed by atoms with Crippen LogP contribution in [0.2, 0.25) is 0 Å². The van der Waals surface area contributed by atoms with E-state index in [0.717, 1.165) is 17.5 Å². The first kappa shape index (κ1) is 18.8. The second-order valence-corrected chi connectivity index (χ2v) is 5.99. The molecule has 0 N–H and O–H groups in total. The third kappa shape index (κ3) is 4.95. The zero-order valence-electron chi connectivity index (χ0n) is 15.4. The molecule has 0 bridgehead atoms. The SMILES string of the molecule is CCC(C)N(Cc1ccncc1)C(=O)Cc1cc(OC)ccc1OC. The Morgan fingerprint density at radius 3 is 2.48 bits per heavy atom. The first-order chi connectivity index (χ1) is 12.1. The number of benzene rings is 1.